The molecule has 0 saturated carbocycles. The Kier molecular flexibility index (Phi) is 3.46. The van der Waals surface area contributed by atoms with Crippen molar-refractivity contribution in [1.82, 2.24) is 0 Å². The minimum absolute atomic E-state index is 0.121. The van der Waals surface area contributed by atoms with Gasteiger partial charge in [-0.25, -0.2) is 0 Å². The molecule has 0 aliphatic heterocycles. The monoisotopic (exact) mass is 179 g/mol. The molecule has 1 atom stereocenters. The van der Waals surface area contributed by atoms with Crippen LogP contribution in [0.4, 0.5) is 0 Å². The highest BCUT2D eigenvalue weighted by atomic mass is 16.4. The summed E-state index contributed by atoms with van der Waals surface area (Å²) < 4.78 is 0. The van der Waals surface area contributed by atoms with E-state index in [1.165, 1.54) is 0 Å². The Balaban J connectivity index is 2.49. The molecule has 0 spiro atoms. The van der Waals surface area contributed by atoms with Crippen LogP contribution in [0.5, 0.6) is 0 Å². The largest absolute Gasteiger partial charge is 0.481 e. The molecule has 1 aromatic carbocycles. The summed E-state index contributed by atoms with van der Waals surface area (Å²) in [5, 5.41) is 8.45. The summed E-state index contributed by atoms with van der Waals surface area (Å²) in [5.41, 5.74) is 6.77. The molecule has 0 amide bonds. The molecule has 1 aromatic rings. The lowest BCUT2D eigenvalue weighted by atomic mass is 10.0. The van der Waals surface area contributed by atoms with Gasteiger partial charge in [0.15, 0.2) is 0 Å². The van der Waals surface area contributed by atoms with Crippen molar-refractivity contribution in [2.75, 3.05) is 0 Å². The van der Waals surface area contributed by atoms with Crippen molar-refractivity contribution < 1.29 is 9.90 Å². The maximum Gasteiger partial charge on any atom is 0.303 e. The van der Waals surface area contributed by atoms with Crippen molar-refractivity contribution >= 4 is 5.97 Å². The van der Waals surface area contributed by atoms with Gasteiger partial charge < -0.3 is 10.8 Å². The number of benzene rings is 1. The number of carboxylic acid groups (broad SMARTS) is 1. The second kappa shape index (κ2) is 4.62. The molecular weight excluding hydrogens is 166 g/mol. The number of hydrogen-bond donors (Lipinski definition) is 2. The summed E-state index contributed by atoms with van der Waals surface area (Å²) in [4.78, 5) is 10.3. The van der Waals surface area contributed by atoms with Crippen LogP contribution < -0.4 is 5.73 Å². The molecule has 1 rings (SSSR count). The minimum Gasteiger partial charge on any atom is -0.481 e. The standard InChI is InChI=1S/C10H13NO2/c11-9(6-7-10(12)13)8-4-2-1-3-5-8/h1-5,9H,6-7,11H2,(H,12,13)/t9-/m1/s1. The molecule has 0 bridgehead atoms. The lowest BCUT2D eigenvalue weighted by Gasteiger charge is -2.09. The van der Waals surface area contributed by atoms with Crippen LogP contribution in [0.15, 0.2) is 30.3 Å². The molecule has 0 aliphatic rings. The summed E-state index contributed by atoms with van der Waals surface area (Å²) in [7, 11) is 0. The first-order valence-corrected chi connectivity index (χ1v) is 4.22. The molecule has 3 nitrogen and oxygen atoms in total. The van der Waals surface area contributed by atoms with E-state index in [-0.39, 0.29) is 12.5 Å². The highest BCUT2D eigenvalue weighted by Crippen LogP contribution is 2.14. The molecule has 0 saturated heterocycles. The van der Waals surface area contributed by atoms with Gasteiger partial charge in [-0.05, 0) is 12.0 Å². The van der Waals surface area contributed by atoms with Gasteiger partial charge in [0.1, 0.15) is 0 Å². The fourth-order valence-electron chi connectivity index (χ4n) is 1.15. The van der Waals surface area contributed by atoms with Crippen molar-refractivity contribution in [3.63, 3.8) is 0 Å². The molecule has 0 unspecified atom stereocenters. The Labute approximate surface area is 77.2 Å². The van der Waals surface area contributed by atoms with Gasteiger partial charge in [0.05, 0.1) is 0 Å². The summed E-state index contributed by atoms with van der Waals surface area (Å²) in [5.74, 6) is -0.800. The third-order valence-electron chi connectivity index (χ3n) is 1.90. The van der Waals surface area contributed by atoms with Gasteiger partial charge in [-0.3, -0.25) is 4.79 Å². The van der Waals surface area contributed by atoms with Crippen LogP contribution in [0.25, 0.3) is 0 Å². The molecular formula is C10H13NO2. The van der Waals surface area contributed by atoms with Crippen LogP contribution in [0.1, 0.15) is 24.4 Å². The van der Waals surface area contributed by atoms with Gasteiger partial charge in [-0.1, -0.05) is 30.3 Å². The van der Waals surface area contributed by atoms with Crippen molar-refractivity contribution in [1.29, 1.82) is 0 Å². The zero-order valence-corrected chi connectivity index (χ0v) is 7.31. The van der Waals surface area contributed by atoms with E-state index >= 15 is 0 Å². The van der Waals surface area contributed by atoms with Gasteiger partial charge in [0, 0.05) is 12.5 Å². The molecule has 0 heterocycles. The smallest absolute Gasteiger partial charge is 0.303 e. The van der Waals surface area contributed by atoms with Crippen molar-refractivity contribution in [2.24, 2.45) is 5.73 Å². The number of nitrogens with two attached hydrogens (primary N) is 1. The van der Waals surface area contributed by atoms with Gasteiger partial charge >= 0.3 is 5.97 Å². The highest BCUT2D eigenvalue weighted by molar-refractivity contribution is 5.66. The fourth-order valence-corrected chi connectivity index (χ4v) is 1.15. The highest BCUT2D eigenvalue weighted by Gasteiger charge is 2.06. The number of rotatable bonds is 4. The first-order chi connectivity index (χ1) is 6.20. The second-order valence-electron chi connectivity index (χ2n) is 2.95. The first-order valence-electron chi connectivity index (χ1n) is 4.22. The fraction of sp³-hybridized carbons (Fsp3) is 0.300. The second-order valence-corrected chi connectivity index (χ2v) is 2.95. The predicted molar refractivity (Wildman–Crippen MR) is 50.2 cm³/mol. The van der Waals surface area contributed by atoms with Gasteiger partial charge in [-0.2, -0.15) is 0 Å². The molecule has 3 N–H and O–H groups in total. The van der Waals surface area contributed by atoms with Gasteiger partial charge in [-0.15, -0.1) is 0 Å². The van der Waals surface area contributed by atoms with E-state index < -0.39 is 5.97 Å². The lowest BCUT2D eigenvalue weighted by molar-refractivity contribution is -0.137. The van der Waals surface area contributed by atoms with Crippen LogP contribution in [-0.2, 0) is 4.79 Å². The predicted octanol–water partition coefficient (Wildman–Crippen LogP) is 1.55. The van der Waals surface area contributed by atoms with Crippen molar-refractivity contribution in [3.8, 4) is 0 Å². The van der Waals surface area contributed by atoms with Gasteiger partial charge in [0.25, 0.3) is 0 Å². The molecule has 70 valence electrons. The van der Waals surface area contributed by atoms with E-state index in [0.29, 0.717) is 6.42 Å². The Morgan fingerprint density at radius 1 is 1.38 bits per heavy atom. The van der Waals surface area contributed by atoms with Crippen LogP contribution in [0, 0.1) is 0 Å². The summed E-state index contributed by atoms with van der Waals surface area (Å²) in [6, 6.07) is 9.36. The molecule has 0 aliphatic carbocycles. The lowest BCUT2D eigenvalue weighted by Crippen LogP contribution is -2.11. The van der Waals surface area contributed by atoms with Crippen LogP contribution >= 0.6 is 0 Å². The molecule has 13 heavy (non-hydrogen) atoms. The van der Waals surface area contributed by atoms with E-state index in [4.69, 9.17) is 10.8 Å². The summed E-state index contributed by atoms with van der Waals surface area (Å²) >= 11 is 0. The van der Waals surface area contributed by atoms with Crippen LogP contribution in [-0.4, -0.2) is 11.1 Å². The minimum atomic E-state index is -0.800. The van der Waals surface area contributed by atoms with Crippen LogP contribution in [0.2, 0.25) is 0 Å². The van der Waals surface area contributed by atoms with Crippen molar-refractivity contribution in [3.05, 3.63) is 35.9 Å². The number of carboxylic acids is 1. The Hall–Kier alpha value is -1.35. The Morgan fingerprint density at radius 3 is 2.54 bits per heavy atom. The van der Waals surface area contributed by atoms with E-state index in [9.17, 15) is 4.79 Å². The van der Waals surface area contributed by atoms with E-state index in [0.717, 1.165) is 5.56 Å². The number of carbonyl (C=O) groups is 1. The molecule has 0 aromatic heterocycles. The zero-order chi connectivity index (χ0) is 9.68. The summed E-state index contributed by atoms with van der Waals surface area (Å²) in [6.45, 7) is 0. The maximum absolute atomic E-state index is 10.3. The third kappa shape index (κ3) is 3.25. The van der Waals surface area contributed by atoms with E-state index in [1.807, 2.05) is 30.3 Å². The Morgan fingerprint density at radius 2 is 2.00 bits per heavy atom. The average molecular weight is 179 g/mol. The third-order valence-corrected chi connectivity index (χ3v) is 1.90. The molecule has 3 heteroatoms. The average Bonchev–Trinajstić information content (AvgIpc) is 2.15. The maximum atomic E-state index is 10.3. The zero-order valence-electron chi connectivity index (χ0n) is 7.31. The topological polar surface area (TPSA) is 63.3 Å². The van der Waals surface area contributed by atoms with E-state index in [1.54, 1.807) is 0 Å². The Bertz CT molecular complexity index is 272. The first kappa shape index (κ1) is 9.74. The number of hydrogen-bond acceptors (Lipinski definition) is 2. The number of aliphatic carboxylic acids is 1. The van der Waals surface area contributed by atoms with E-state index in [2.05, 4.69) is 0 Å². The SMILES string of the molecule is N[C@H](CCC(=O)O)c1ccccc1. The van der Waals surface area contributed by atoms with Crippen LogP contribution in [0.3, 0.4) is 0 Å². The summed E-state index contributed by atoms with van der Waals surface area (Å²) in [6.07, 6.45) is 0.607. The molecule has 0 fully saturated rings. The van der Waals surface area contributed by atoms with Crippen molar-refractivity contribution in [2.45, 2.75) is 18.9 Å². The normalized spacial score (nSPS) is 12.4. The van der Waals surface area contributed by atoms with Gasteiger partial charge in [0.2, 0.25) is 0 Å². The quantitative estimate of drug-likeness (QED) is 0.737. The molecule has 0 radical (unpaired) electrons.